The number of hydrogen-bond donors (Lipinski definition) is 1. The van der Waals surface area contributed by atoms with Gasteiger partial charge in [-0.15, -0.1) is 11.3 Å². The zero-order valence-corrected chi connectivity index (χ0v) is 12.7. The molecule has 0 aliphatic carbocycles. The van der Waals surface area contributed by atoms with Crippen LogP contribution < -0.4 is 5.32 Å². The van der Waals surface area contributed by atoms with Crippen LogP contribution in [0.3, 0.4) is 0 Å². The van der Waals surface area contributed by atoms with Crippen molar-refractivity contribution in [2.75, 3.05) is 19.8 Å². The van der Waals surface area contributed by atoms with Crippen LogP contribution in [0.25, 0.3) is 0 Å². The van der Waals surface area contributed by atoms with Gasteiger partial charge in [-0.25, -0.2) is 4.98 Å². The van der Waals surface area contributed by atoms with E-state index in [1.807, 2.05) is 0 Å². The molecule has 0 spiro atoms. The Kier molecular flexibility index (Phi) is 4.09. The molecule has 4 heteroatoms. The molecule has 0 aromatic carbocycles. The second-order valence-corrected chi connectivity index (χ2v) is 6.96. The van der Waals surface area contributed by atoms with Crippen LogP contribution in [0.5, 0.6) is 0 Å². The van der Waals surface area contributed by atoms with Crippen molar-refractivity contribution in [3.05, 3.63) is 16.1 Å². The lowest BCUT2D eigenvalue weighted by Gasteiger charge is -2.26. The van der Waals surface area contributed by atoms with Crippen molar-refractivity contribution < 1.29 is 4.74 Å². The van der Waals surface area contributed by atoms with Crippen LogP contribution in [0.1, 0.15) is 51.2 Å². The summed E-state index contributed by atoms with van der Waals surface area (Å²) in [5.74, 6) is 0. The molecule has 1 aliphatic heterocycles. The summed E-state index contributed by atoms with van der Waals surface area (Å²) in [7, 11) is 0. The van der Waals surface area contributed by atoms with Crippen molar-refractivity contribution in [2.45, 2.75) is 51.5 Å². The summed E-state index contributed by atoms with van der Waals surface area (Å²) in [6.45, 7) is 11.4. The molecule has 2 rings (SSSR count). The van der Waals surface area contributed by atoms with Gasteiger partial charge < -0.3 is 10.1 Å². The average molecular weight is 268 g/mol. The zero-order valence-electron chi connectivity index (χ0n) is 11.9. The summed E-state index contributed by atoms with van der Waals surface area (Å²) < 4.78 is 5.61. The monoisotopic (exact) mass is 268 g/mol. The first-order valence-corrected chi connectivity index (χ1v) is 7.65. The van der Waals surface area contributed by atoms with Crippen LogP contribution in [0.2, 0.25) is 0 Å². The van der Waals surface area contributed by atoms with E-state index in [0.717, 1.165) is 32.6 Å². The molecule has 1 aliphatic rings. The first-order chi connectivity index (χ1) is 8.48. The topological polar surface area (TPSA) is 34.2 Å². The third kappa shape index (κ3) is 2.76. The second kappa shape index (κ2) is 5.27. The maximum Gasteiger partial charge on any atom is 0.115 e. The minimum Gasteiger partial charge on any atom is -0.379 e. The Bertz CT molecular complexity index is 389. The van der Waals surface area contributed by atoms with Gasteiger partial charge in [0.1, 0.15) is 5.01 Å². The van der Waals surface area contributed by atoms with Crippen LogP contribution in [-0.4, -0.2) is 24.7 Å². The SMILES string of the molecule is CCCNC1(c2nc(C(C)(C)C)cs2)CCOC1. The van der Waals surface area contributed by atoms with E-state index in [4.69, 9.17) is 9.72 Å². The molecule has 0 radical (unpaired) electrons. The minimum absolute atomic E-state index is 0.0375. The van der Waals surface area contributed by atoms with Crippen LogP contribution in [0.15, 0.2) is 5.38 Å². The smallest absolute Gasteiger partial charge is 0.115 e. The Morgan fingerprint density at radius 2 is 2.28 bits per heavy atom. The second-order valence-electron chi connectivity index (χ2n) is 6.10. The summed E-state index contributed by atoms with van der Waals surface area (Å²) in [5, 5.41) is 7.04. The average Bonchev–Trinajstić information content (AvgIpc) is 2.95. The third-order valence-electron chi connectivity index (χ3n) is 3.42. The van der Waals surface area contributed by atoms with E-state index in [9.17, 15) is 0 Å². The first-order valence-electron chi connectivity index (χ1n) is 6.77. The van der Waals surface area contributed by atoms with Crippen LogP contribution >= 0.6 is 11.3 Å². The number of aromatic nitrogens is 1. The molecule has 0 amide bonds. The number of nitrogens with one attached hydrogen (secondary N) is 1. The van der Waals surface area contributed by atoms with E-state index < -0.39 is 0 Å². The molecule has 3 nitrogen and oxygen atoms in total. The Hall–Kier alpha value is -0.450. The molecule has 1 fully saturated rings. The van der Waals surface area contributed by atoms with Crippen molar-refractivity contribution in [3.63, 3.8) is 0 Å². The van der Waals surface area contributed by atoms with Gasteiger partial charge >= 0.3 is 0 Å². The van der Waals surface area contributed by atoms with Gasteiger partial charge in [0.2, 0.25) is 0 Å². The predicted octanol–water partition coefficient (Wildman–Crippen LogP) is 3.06. The Morgan fingerprint density at radius 3 is 2.78 bits per heavy atom. The van der Waals surface area contributed by atoms with Gasteiger partial charge in [0.05, 0.1) is 17.8 Å². The molecular formula is C14H24N2OS. The van der Waals surface area contributed by atoms with Crippen LogP contribution in [-0.2, 0) is 15.7 Å². The molecule has 1 saturated heterocycles. The van der Waals surface area contributed by atoms with Gasteiger partial charge in [-0.05, 0) is 19.4 Å². The number of hydrogen-bond acceptors (Lipinski definition) is 4. The van der Waals surface area contributed by atoms with E-state index in [0.29, 0.717) is 0 Å². The molecular weight excluding hydrogens is 244 g/mol. The van der Waals surface area contributed by atoms with Crippen molar-refractivity contribution in [1.82, 2.24) is 10.3 Å². The van der Waals surface area contributed by atoms with Gasteiger partial charge in [0, 0.05) is 17.4 Å². The molecule has 18 heavy (non-hydrogen) atoms. The Balaban J connectivity index is 2.23. The number of nitrogens with zero attached hydrogens (tertiary/aromatic N) is 1. The lowest BCUT2D eigenvalue weighted by atomic mass is 9.93. The Labute approximate surface area is 114 Å². The summed E-state index contributed by atoms with van der Waals surface area (Å²) in [5.41, 5.74) is 1.27. The van der Waals surface area contributed by atoms with E-state index in [2.05, 4.69) is 38.4 Å². The van der Waals surface area contributed by atoms with E-state index >= 15 is 0 Å². The fourth-order valence-electron chi connectivity index (χ4n) is 2.15. The molecule has 1 atom stereocenters. The predicted molar refractivity (Wildman–Crippen MR) is 76.2 cm³/mol. The number of thiazole rings is 1. The van der Waals surface area contributed by atoms with Gasteiger partial charge in [-0.3, -0.25) is 0 Å². The molecule has 102 valence electrons. The van der Waals surface area contributed by atoms with Crippen molar-refractivity contribution in [2.24, 2.45) is 0 Å². The van der Waals surface area contributed by atoms with Crippen molar-refractivity contribution >= 4 is 11.3 Å². The fraction of sp³-hybridized carbons (Fsp3) is 0.786. The van der Waals surface area contributed by atoms with Crippen molar-refractivity contribution in [1.29, 1.82) is 0 Å². The largest absolute Gasteiger partial charge is 0.379 e. The van der Waals surface area contributed by atoms with Crippen LogP contribution in [0.4, 0.5) is 0 Å². The molecule has 1 aromatic rings. The van der Waals surface area contributed by atoms with Gasteiger partial charge in [-0.1, -0.05) is 27.7 Å². The summed E-state index contributed by atoms with van der Waals surface area (Å²) in [6, 6.07) is 0. The quantitative estimate of drug-likeness (QED) is 0.911. The van der Waals surface area contributed by atoms with Crippen molar-refractivity contribution in [3.8, 4) is 0 Å². The standard InChI is InChI=1S/C14H24N2OS/c1-5-7-15-14(6-8-17-10-14)12-16-11(9-18-12)13(2,3)4/h9,15H,5-8,10H2,1-4H3. The highest BCUT2D eigenvalue weighted by Crippen LogP contribution is 2.35. The maximum absolute atomic E-state index is 5.61. The lowest BCUT2D eigenvalue weighted by Crippen LogP contribution is -2.43. The number of rotatable bonds is 4. The lowest BCUT2D eigenvalue weighted by molar-refractivity contribution is 0.166. The number of ether oxygens (including phenoxy) is 1. The minimum atomic E-state index is -0.0375. The van der Waals surface area contributed by atoms with E-state index in [-0.39, 0.29) is 11.0 Å². The van der Waals surface area contributed by atoms with E-state index in [1.54, 1.807) is 11.3 Å². The highest BCUT2D eigenvalue weighted by molar-refractivity contribution is 7.09. The zero-order chi connectivity index (χ0) is 13.2. The Morgan fingerprint density at radius 1 is 1.50 bits per heavy atom. The molecule has 1 unspecified atom stereocenters. The summed E-state index contributed by atoms with van der Waals surface area (Å²) >= 11 is 1.77. The molecule has 2 heterocycles. The molecule has 0 bridgehead atoms. The van der Waals surface area contributed by atoms with Gasteiger partial charge in [0.15, 0.2) is 0 Å². The maximum atomic E-state index is 5.61. The normalized spacial score (nSPS) is 24.7. The molecule has 1 N–H and O–H groups in total. The van der Waals surface area contributed by atoms with Gasteiger partial charge in [0.25, 0.3) is 0 Å². The molecule has 0 saturated carbocycles. The first kappa shape index (κ1) is 14.0. The third-order valence-corrected chi connectivity index (χ3v) is 4.46. The summed E-state index contributed by atoms with van der Waals surface area (Å²) in [4.78, 5) is 4.86. The fourth-order valence-corrected chi connectivity index (χ4v) is 3.39. The highest BCUT2D eigenvalue weighted by atomic mass is 32.1. The highest BCUT2D eigenvalue weighted by Gasteiger charge is 2.39. The van der Waals surface area contributed by atoms with Crippen LogP contribution in [0, 0.1) is 0 Å². The molecule has 1 aromatic heterocycles. The summed E-state index contributed by atoms with van der Waals surface area (Å²) in [6.07, 6.45) is 2.17. The van der Waals surface area contributed by atoms with Gasteiger partial charge in [-0.2, -0.15) is 0 Å². The van der Waals surface area contributed by atoms with E-state index in [1.165, 1.54) is 10.7 Å².